The van der Waals surface area contributed by atoms with Crippen molar-refractivity contribution in [1.82, 2.24) is 19.6 Å². The molecule has 18 heteroatoms. The summed E-state index contributed by atoms with van der Waals surface area (Å²) in [5.74, 6) is 0.637. The van der Waals surface area contributed by atoms with Gasteiger partial charge in [-0.2, -0.15) is 0 Å². The molecule has 0 aliphatic rings. The van der Waals surface area contributed by atoms with Crippen LogP contribution in [0.2, 0.25) is 0 Å². The molecular weight excluding hydrogens is 805 g/mol. The molecule has 0 N–H and O–H groups in total. The molecule has 6 amide bonds. The number of amides is 6. The third-order valence-corrected chi connectivity index (χ3v) is 10.5. The van der Waals surface area contributed by atoms with Gasteiger partial charge in [0, 0.05) is 54.4 Å². The molecule has 2 aromatic rings. The Bertz CT molecular complexity index is 1510. The van der Waals surface area contributed by atoms with Crippen LogP contribution in [0.15, 0.2) is 60.7 Å². The van der Waals surface area contributed by atoms with Gasteiger partial charge < -0.3 is 38.2 Å². The van der Waals surface area contributed by atoms with Crippen LogP contribution in [0.25, 0.3) is 0 Å². The molecule has 0 saturated heterocycles. The summed E-state index contributed by atoms with van der Waals surface area (Å²) in [6.45, 7) is 2.26. The van der Waals surface area contributed by atoms with Crippen LogP contribution in [0.5, 0.6) is 11.5 Å². The van der Waals surface area contributed by atoms with E-state index < -0.39 is 0 Å². The molecule has 0 aromatic heterocycles. The summed E-state index contributed by atoms with van der Waals surface area (Å²) in [5, 5.41) is 0. The predicted octanol–water partition coefficient (Wildman–Crippen LogP) is 1.76. The second-order valence-electron chi connectivity index (χ2n) is 14.9. The SMILES string of the molecule is COCC[N+](C=O)(CCOC)CN(CN(C=O)CCc1ccc(OC)cc1)C(=O)CC=CCC(=O)N(CN(C=O)CCc1ccc(OC)cc1)C[N+](C=O)(CCOC)CCOC. The molecule has 18 nitrogen and oxygen atoms in total. The molecule has 344 valence electrons. The molecule has 0 heterocycles. The van der Waals surface area contributed by atoms with Crippen molar-refractivity contribution in [2.45, 2.75) is 25.7 Å². The summed E-state index contributed by atoms with van der Waals surface area (Å²) in [4.78, 5) is 84.0. The first kappa shape index (κ1) is 52.9. The van der Waals surface area contributed by atoms with E-state index in [0.717, 1.165) is 23.9 Å². The third-order valence-electron chi connectivity index (χ3n) is 10.5. The minimum atomic E-state index is -0.387. The van der Waals surface area contributed by atoms with Gasteiger partial charge in [0.15, 0.2) is 13.3 Å². The lowest BCUT2D eigenvalue weighted by Gasteiger charge is -2.38. The minimum Gasteiger partial charge on any atom is -0.497 e. The first-order valence-corrected chi connectivity index (χ1v) is 20.5. The molecule has 0 unspecified atom stereocenters. The molecule has 2 rings (SSSR count). The van der Waals surface area contributed by atoms with E-state index in [9.17, 15) is 28.8 Å². The van der Waals surface area contributed by atoms with Crippen molar-refractivity contribution in [1.29, 1.82) is 0 Å². The van der Waals surface area contributed by atoms with Gasteiger partial charge in [-0.1, -0.05) is 36.4 Å². The fourth-order valence-electron chi connectivity index (χ4n) is 6.47. The zero-order valence-electron chi connectivity index (χ0n) is 37.4. The Kier molecular flexibility index (Phi) is 25.5. The van der Waals surface area contributed by atoms with E-state index in [1.807, 2.05) is 48.5 Å². The lowest BCUT2D eigenvalue weighted by molar-refractivity contribution is -0.856. The number of methoxy groups -OCH3 is 6. The van der Waals surface area contributed by atoms with Gasteiger partial charge in [-0.05, 0) is 48.2 Å². The summed E-state index contributed by atoms with van der Waals surface area (Å²) in [6.07, 6.45) is 6.71. The maximum Gasteiger partial charge on any atom is 0.303 e. The Morgan fingerprint density at radius 1 is 0.516 bits per heavy atom. The number of carbonyl (C=O) groups is 6. The van der Waals surface area contributed by atoms with E-state index in [4.69, 9.17) is 28.4 Å². The van der Waals surface area contributed by atoms with Crippen LogP contribution in [0.3, 0.4) is 0 Å². The smallest absolute Gasteiger partial charge is 0.303 e. The number of hydrogen-bond acceptors (Lipinski definition) is 12. The maximum absolute atomic E-state index is 14.0. The van der Waals surface area contributed by atoms with Gasteiger partial charge >= 0.3 is 12.8 Å². The van der Waals surface area contributed by atoms with Crippen LogP contribution in [0.1, 0.15) is 24.0 Å². The van der Waals surface area contributed by atoms with Crippen LogP contribution >= 0.6 is 0 Å². The molecular formula is C44H68N6O12+2. The highest BCUT2D eigenvalue weighted by atomic mass is 16.5. The van der Waals surface area contributed by atoms with E-state index in [2.05, 4.69) is 0 Å². The standard InChI is InChI=1S/C44H68N6O12/c1-57-27-23-49(37-53,24-28-58-2)33-47(31-45(35-51)21-19-39-11-15-41(61-5)16-12-39)43(55)9-7-8-10-44(56)48(34-50(38-54,25-29-59-3)26-30-60-4)32-46(36-52)22-20-40-13-17-42(62-6)18-14-40/h7-8,11-18,35-38H,9-10,19-34H2,1-6H3/q+2. The topological polar surface area (TPSA) is 171 Å². The molecule has 0 spiro atoms. The number of rotatable bonds is 36. The number of quaternary nitrogens is 2. The van der Waals surface area contributed by atoms with E-state index in [1.165, 1.54) is 48.0 Å². The average Bonchev–Trinajstić information content (AvgIpc) is 3.31. The van der Waals surface area contributed by atoms with E-state index in [1.54, 1.807) is 26.4 Å². The molecule has 0 saturated carbocycles. The minimum absolute atomic E-state index is 0.0603. The summed E-state index contributed by atoms with van der Waals surface area (Å²) in [7, 11) is 9.26. The number of benzene rings is 2. The van der Waals surface area contributed by atoms with Gasteiger partial charge in [0.1, 0.15) is 51.0 Å². The van der Waals surface area contributed by atoms with E-state index in [0.29, 0.717) is 50.3 Å². The first-order chi connectivity index (χ1) is 30.0. The Morgan fingerprint density at radius 3 is 1.10 bits per heavy atom. The lowest BCUT2D eigenvalue weighted by atomic mass is 10.1. The lowest BCUT2D eigenvalue weighted by Crippen LogP contribution is -2.59. The Morgan fingerprint density at radius 2 is 0.839 bits per heavy atom. The molecule has 0 aliphatic heterocycles. The third kappa shape index (κ3) is 18.8. The predicted molar refractivity (Wildman–Crippen MR) is 230 cm³/mol. The Balaban J connectivity index is 2.35. The van der Waals surface area contributed by atoms with Crippen molar-refractivity contribution in [3.8, 4) is 11.5 Å². The highest BCUT2D eigenvalue weighted by Crippen LogP contribution is 2.16. The molecule has 0 fully saturated rings. The van der Waals surface area contributed by atoms with Gasteiger partial charge in [0.25, 0.3) is 0 Å². The van der Waals surface area contributed by atoms with Crippen molar-refractivity contribution >= 4 is 37.5 Å². The Labute approximate surface area is 366 Å². The van der Waals surface area contributed by atoms with Gasteiger partial charge in [-0.15, -0.1) is 0 Å². The molecule has 0 aliphatic carbocycles. The second-order valence-corrected chi connectivity index (χ2v) is 14.9. The maximum atomic E-state index is 14.0. The average molecular weight is 873 g/mol. The summed E-state index contributed by atoms with van der Waals surface area (Å²) >= 11 is 0. The number of hydrogen-bond donors (Lipinski definition) is 0. The molecule has 0 bridgehead atoms. The highest BCUT2D eigenvalue weighted by Gasteiger charge is 2.34. The normalized spacial score (nSPS) is 11.5. The molecule has 2 aromatic carbocycles. The number of nitrogens with zero attached hydrogens (tertiary/aromatic N) is 6. The van der Waals surface area contributed by atoms with Crippen LogP contribution < -0.4 is 9.47 Å². The van der Waals surface area contributed by atoms with Gasteiger partial charge in [-0.3, -0.25) is 29.0 Å². The van der Waals surface area contributed by atoms with Gasteiger partial charge in [0.2, 0.25) is 24.6 Å². The first-order valence-electron chi connectivity index (χ1n) is 20.5. The van der Waals surface area contributed by atoms with Gasteiger partial charge in [0.05, 0.1) is 40.6 Å². The van der Waals surface area contributed by atoms with Crippen molar-refractivity contribution in [3.05, 3.63) is 71.8 Å². The van der Waals surface area contributed by atoms with Crippen LogP contribution in [-0.2, 0) is 60.6 Å². The van der Waals surface area contributed by atoms with Crippen molar-refractivity contribution in [2.75, 3.05) is 135 Å². The van der Waals surface area contributed by atoms with Crippen LogP contribution in [0, 0.1) is 0 Å². The van der Waals surface area contributed by atoms with Crippen molar-refractivity contribution in [3.63, 3.8) is 0 Å². The fourth-order valence-corrected chi connectivity index (χ4v) is 6.47. The van der Waals surface area contributed by atoms with Crippen LogP contribution in [-0.4, -0.2) is 201 Å². The number of carbonyl (C=O) groups excluding carboxylic acids is 6. The zero-order chi connectivity index (χ0) is 45.6. The highest BCUT2D eigenvalue weighted by molar-refractivity contribution is 5.79. The zero-order valence-corrected chi connectivity index (χ0v) is 37.4. The summed E-state index contributed by atoms with van der Waals surface area (Å²) < 4.78 is 31.3. The molecule has 0 atom stereocenters. The molecule has 0 radical (unpaired) electrons. The monoisotopic (exact) mass is 872 g/mol. The summed E-state index contributed by atoms with van der Waals surface area (Å²) in [5.41, 5.74) is 1.93. The quantitative estimate of drug-likeness (QED) is 0.0422. The van der Waals surface area contributed by atoms with E-state index >= 15 is 0 Å². The van der Waals surface area contributed by atoms with Gasteiger partial charge in [-0.25, -0.2) is 18.6 Å². The largest absolute Gasteiger partial charge is 0.497 e. The fraction of sp³-hybridized carbons (Fsp3) is 0.545. The Hall–Kier alpha value is -5.24. The van der Waals surface area contributed by atoms with Crippen molar-refractivity contribution < 1.29 is 66.2 Å². The number of ether oxygens (including phenoxy) is 6. The van der Waals surface area contributed by atoms with Crippen molar-refractivity contribution in [2.24, 2.45) is 0 Å². The van der Waals surface area contributed by atoms with Crippen LogP contribution in [0.4, 0.5) is 0 Å². The summed E-state index contributed by atoms with van der Waals surface area (Å²) in [6, 6.07) is 14.9. The second kappa shape index (κ2) is 29.9. The van der Waals surface area contributed by atoms with E-state index in [-0.39, 0.29) is 113 Å². The molecule has 62 heavy (non-hydrogen) atoms.